The van der Waals surface area contributed by atoms with Crippen LogP contribution >= 0.6 is 0 Å². The molecule has 0 radical (unpaired) electrons. The zero-order valence-electron chi connectivity index (χ0n) is 16.3. The Bertz CT molecular complexity index is 1230. The van der Waals surface area contributed by atoms with Gasteiger partial charge < -0.3 is 5.32 Å². The summed E-state index contributed by atoms with van der Waals surface area (Å²) in [6, 6.07) is 9.93. The highest BCUT2D eigenvalue weighted by Gasteiger charge is 2.32. The molecular formula is C21H21N5O3. The fourth-order valence-electron chi connectivity index (χ4n) is 3.43. The fraction of sp³-hybridized carbons (Fsp3) is 0.238. The van der Waals surface area contributed by atoms with Crippen LogP contribution in [0, 0.1) is 0 Å². The van der Waals surface area contributed by atoms with Gasteiger partial charge in [-0.05, 0) is 18.1 Å². The van der Waals surface area contributed by atoms with Crippen LogP contribution in [-0.2, 0) is 20.1 Å². The summed E-state index contributed by atoms with van der Waals surface area (Å²) < 4.78 is 4.20. The molecule has 1 aliphatic heterocycles. The van der Waals surface area contributed by atoms with E-state index in [1.54, 1.807) is 17.0 Å². The molecule has 0 amide bonds. The summed E-state index contributed by atoms with van der Waals surface area (Å²) in [4.78, 5) is 37.8. The number of ketones is 1. The van der Waals surface area contributed by atoms with Crippen molar-refractivity contribution in [1.82, 2.24) is 18.9 Å². The third kappa shape index (κ3) is 3.33. The molecule has 1 aliphatic rings. The van der Waals surface area contributed by atoms with Gasteiger partial charge in [-0.2, -0.15) is 5.10 Å². The molecule has 0 spiro atoms. The quantitative estimate of drug-likeness (QED) is 0.671. The Hall–Kier alpha value is -3.68. The molecule has 3 heterocycles. The molecule has 0 aliphatic carbocycles. The smallest absolute Gasteiger partial charge is 0.332 e. The summed E-state index contributed by atoms with van der Waals surface area (Å²) in [5.74, 6) is -0.144. The van der Waals surface area contributed by atoms with Gasteiger partial charge in [0.2, 0.25) is 5.78 Å². The van der Waals surface area contributed by atoms with Crippen LogP contribution in [0.15, 0.2) is 58.0 Å². The van der Waals surface area contributed by atoms with E-state index in [1.807, 2.05) is 43.5 Å². The SMILES string of the molecule is CCCn1c2c(c(=O)n(C)c1=O)C(=O)C(=Cc1cnn(Cc3ccccc3)c1)N2. The normalized spacial score (nSPS) is 14.3. The number of carbonyl (C=O) groups is 1. The number of anilines is 1. The first-order valence-corrected chi connectivity index (χ1v) is 9.43. The van der Waals surface area contributed by atoms with Crippen molar-refractivity contribution in [3.05, 3.63) is 86.0 Å². The number of allylic oxidation sites excluding steroid dienone is 1. The highest BCUT2D eigenvalue weighted by atomic mass is 16.2. The van der Waals surface area contributed by atoms with Crippen LogP contribution in [0.3, 0.4) is 0 Å². The number of benzene rings is 1. The molecule has 8 nitrogen and oxygen atoms in total. The number of rotatable bonds is 5. The molecule has 148 valence electrons. The average molecular weight is 391 g/mol. The molecule has 1 N–H and O–H groups in total. The Morgan fingerprint density at radius 3 is 2.62 bits per heavy atom. The maximum absolute atomic E-state index is 12.9. The van der Waals surface area contributed by atoms with Gasteiger partial charge in [0.05, 0.1) is 18.4 Å². The van der Waals surface area contributed by atoms with Crippen molar-refractivity contribution in [2.24, 2.45) is 7.05 Å². The minimum atomic E-state index is -0.585. The van der Waals surface area contributed by atoms with Gasteiger partial charge in [0.25, 0.3) is 5.56 Å². The molecule has 0 saturated heterocycles. The second-order valence-corrected chi connectivity index (χ2v) is 6.99. The van der Waals surface area contributed by atoms with E-state index in [-0.39, 0.29) is 17.1 Å². The second kappa shape index (κ2) is 7.38. The zero-order chi connectivity index (χ0) is 20.5. The van der Waals surface area contributed by atoms with E-state index in [4.69, 9.17) is 0 Å². The summed E-state index contributed by atoms with van der Waals surface area (Å²) >= 11 is 0. The minimum Gasteiger partial charge on any atom is -0.338 e. The van der Waals surface area contributed by atoms with Gasteiger partial charge in [0, 0.05) is 25.4 Å². The van der Waals surface area contributed by atoms with E-state index < -0.39 is 17.0 Å². The number of hydrogen-bond acceptors (Lipinski definition) is 5. The first-order chi connectivity index (χ1) is 14.0. The van der Waals surface area contributed by atoms with Crippen LogP contribution in [0.4, 0.5) is 5.82 Å². The standard InChI is InChI=1S/C21H21N5O3/c1-3-9-26-19-17(20(28)24(2)21(26)29)18(27)16(23-19)10-15-11-22-25(13-15)12-14-7-5-4-6-8-14/h4-8,10-11,13,23H,3,9,12H2,1-2H3. The highest BCUT2D eigenvalue weighted by Crippen LogP contribution is 2.25. The Kier molecular flexibility index (Phi) is 4.75. The van der Waals surface area contributed by atoms with Crippen molar-refractivity contribution in [3.63, 3.8) is 0 Å². The van der Waals surface area contributed by atoms with Gasteiger partial charge in [0.1, 0.15) is 11.4 Å². The van der Waals surface area contributed by atoms with Crippen LogP contribution in [0.25, 0.3) is 6.08 Å². The topological polar surface area (TPSA) is 90.9 Å². The predicted octanol–water partition coefficient (Wildman–Crippen LogP) is 1.85. The lowest BCUT2D eigenvalue weighted by Gasteiger charge is -2.11. The molecule has 4 rings (SSSR count). The van der Waals surface area contributed by atoms with E-state index in [9.17, 15) is 14.4 Å². The minimum absolute atomic E-state index is 0.00322. The number of hydrogen-bond donors (Lipinski definition) is 1. The molecule has 1 aromatic carbocycles. The zero-order valence-corrected chi connectivity index (χ0v) is 16.3. The first kappa shape index (κ1) is 18.7. The molecule has 0 unspecified atom stereocenters. The molecule has 0 atom stereocenters. The van der Waals surface area contributed by atoms with Gasteiger partial charge in [-0.25, -0.2) is 4.79 Å². The summed E-state index contributed by atoms with van der Waals surface area (Å²) in [7, 11) is 1.39. The molecular weight excluding hydrogens is 370 g/mol. The van der Waals surface area contributed by atoms with Gasteiger partial charge in [0.15, 0.2) is 0 Å². The maximum atomic E-state index is 12.9. The molecule has 0 bridgehead atoms. The van der Waals surface area contributed by atoms with Crippen molar-refractivity contribution in [2.75, 3.05) is 5.32 Å². The van der Waals surface area contributed by atoms with Crippen molar-refractivity contribution >= 4 is 17.7 Å². The summed E-state index contributed by atoms with van der Waals surface area (Å²) in [6.45, 7) is 2.96. The van der Waals surface area contributed by atoms with Crippen LogP contribution in [-0.4, -0.2) is 24.7 Å². The second-order valence-electron chi connectivity index (χ2n) is 6.99. The summed E-state index contributed by atoms with van der Waals surface area (Å²) in [5, 5.41) is 7.31. The van der Waals surface area contributed by atoms with Gasteiger partial charge >= 0.3 is 5.69 Å². The van der Waals surface area contributed by atoms with Crippen molar-refractivity contribution in [1.29, 1.82) is 0 Å². The van der Waals surface area contributed by atoms with Gasteiger partial charge in [-0.1, -0.05) is 37.3 Å². The Balaban J connectivity index is 1.67. The lowest BCUT2D eigenvalue weighted by molar-refractivity contribution is 0.104. The Morgan fingerprint density at radius 1 is 1.14 bits per heavy atom. The van der Waals surface area contributed by atoms with E-state index in [1.165, 1.54) is 11.6 Å². The van der Waals surface area contributed by atoms with E-state index in [0.717, 1.165) is 15.7 Å². The third-order valence-electron chi connectivity index (χ3n) is 4.87. The van der Waals surface area contributed by atoms with Crippen LogP contribution in [0.5, 0.6) is 0 Å². The fourth-order valence-corrected chi connectivity index (χ4v) is 3.43. The predicted molar refractivity (Wildman–Crippen MR) is 110 cm³/mol. The lowest BCUT2D eigenvalue weighted by atomic mass is 10.1. The molecule has 29 heavy (non-hydrogen) atoms. The van der Waals surface area contributed by atoms with E-state index in [0.29, 0.717) is 19.5 Å². The number of aromatic nitrogens is 4. The van der Waals surface area contributed by atoms with Gasteiger partial charge in [-0.15, -0.1) is 0 Å². The van der Waals surface area contributed by atoms with Crippen molar-refractivity contribution in [2.45, 2.75) is 26.4 Å². The number of nitrogens with one attached hydrogen (secondary N) is 1. The summed E-state index contributed by atoms with van der Waals surface area (Å²) in [5.41, 5.74) is 1.08. The first-order valence-electron chi connectivity index (χ1n) is 9.43. The van der Waals surface area contributed by atoms with Crippen molar-refractivity contribution < 1.29 is 4.79 Å². The summed E-state index contributed by atoms with van der Waals surface area (Å²) in [6.07, 6.45) is 5.84. The lowest BCUT2D eigenvalue weighted by Crippen LogP contribution is -2.40. The highest BCUT2D eigenvalue weighted by molar-refractivity contribution is 6.19. The Labute approximate surface area is 166 Å². The largest absolute Gasteiger partial charge is 0.338 e. The molecule has 8 heteroatoms. The van der Waals surface area contributed by atoms with Crippen molar-refractivity contribution in [3.8, 4) is 0 Å². The van der Waals surface area contributed by atoms with Crippen LogP contribution in [0.1, 0.15) is 34.8 Å². The van der Waals surface area contributed by atoms with Crippen LogP contribution < -0.4 is 16.6 Å². The average Bonchev–Trinajstić information content (AvgIpc) is 3.29. The molecule has 3 aromatic rings. The monoisotopic (exact) mass is 391 g/mol. The number of nitrogens with zero attached hydrogens (tertiary/aromatic N) is 4. The maximum Gasteiger partial charge on any atom is 0.332 e. The Morgan fingerprint density at radius 2 is 1.90 bits per heavy atom. The number of fused-ring (bicyclic) bond motifs is 1. The number of Topliss-reactive ketones (excluding diaryl/α,β-unsaturated/α-hetero) is 1. The number of carbonyl (C=O) groups excluding carboxylic acids is 1. The van der Waals surface area contributed by atoms with E-state index >= 15 is 0 Å². The molecule has 0 saturated carbocycles. The molecule has 2 aromatic heterocycles. The van der Waals surface area contributed by atoms with E-state index in [2.05, 4.69) is 10.4 Å². The third-order valence-corrected chi connectivity index (χ3v) is 4.87. The molecule has 0 fully saturated rings. The van der Waals surface area contributed by atoms with Gasteiger partial charge in [-0.3, -0.25) is 23.4 Å². The van der Waals surface area contributed by atoms with Crippen LogP contribution in [0.2, 0.25) is 0 Å².